The summed E-state index contributed by atoms with van der Waals surface area (Å²) in [5, 5.41) is 0. The molecule has 0 rings (SSSR count). The Morgan fingerprint density at radius 1 is 0.773 bits per heavy atom. The summed E-state index contributed by atoms with van der Waals surface area (Å²) in [6, 6.07) is -0.806. The fourth-order valence-corrected chi connectivity index (χ4v) is 6.13. The smallest absolute Gasteiger partial charge is 0.126 e. The van der Waals surface area contributed by atoms with Crippen LogP contribution in [0.1, 0.15) is 57.8 Å². The minimum atomic E-state index is -2.32. The minimum Gasteiger partial charge on any atom is -0.126 e. The molecule has 0 aliphatic rings. The van der Waals surface area contributed by atoms with E-state index in [4.69, 9.17) is 33.2 Å². The first-order chi connectivity index (χ1) is 10.3. The van der Waals surface area contributed by atoms with E-state index in [1.165, 1.54) is 44.6 Å². The van der Waals surface area contributed by atoms with Gasteiger partial charge in [-0.25, -0.2) is 0 Å². The third-order valence-electron chi connectivity index (χ3n) is 2.95. The lowest BCUT2D eigenvalue weighted by Gasteiger charge is -2.05. The lowest BCUT2D eigenvalue weighted by atomic mass is 10.1. The molecule has 0 fully saturated rings. The zero-order valence-electron chi connectivity index (χ0n) is 13.3. The van der Waals surface area contributed by atoms with E-state index in [2.05, 4.69) is 43.7 Å². The van der Waals surface area contributed by atoms with Crippen LogP contribution in [0.3, 0.4) is 0 Å². The second-order valence-corrected chi connectivity index (χ2v) is 26.1. The highest BCUT2D eigenvalue weighted by Gasteiger charge is 2.23. The van der Waals surface area contributed by atoms with Crippen LogP contribution in [0.25, 0.3) is 0 Å². The highest BCUT2D eigenvalue weighted by Crippen LogP contribution is 2.27. The van der Waals surface area contributed by atoms with Gasteiger partial charge in [-0.3, -0.25) is 0 Å². The average molecular weight is 532 g/mol. The Morgan fingerprint density at radius 3 is 1.68 bits per heavy atom. The number of allylic oxidation sites excluding steroid dienone is 2. The molecule has 0 aromatic heterocycles. The van der Waals surface area contributed by atoms with E-state index < -0.39 is 12.0 Å². The van der Waals surface area contributed by atoms with Crippen molar-refractivity contribution in [3.63, 3.8) is 0 Å². The van der Waals surface area contributed by atoms with E-state index in [0.717, 1.165) is 25.3 Å². The molecule has 0 bridgehead atoms. The van der Waals surface area contributed by atoms with Gasteiger partial charge in [0.1, 0.15) is 0 Å². The molecule has 0 saturated carbocycles. The second-order valence-electron chi connectivity index (χ2n) is 5.17. The van der Waals surface area contributed by atoms with Gasteiger partial charge in [-0.15, -0.1) is 77.0 Å². The van der Waals surface area contributed by atoms with Gasteiger partial charge in [-0.1, -0.05) is 44.3 Å². The van der Waals surface area contributed by atoms with Gasteiger partial charge < -0.3 is 0 Å². The number of rotatable bonds is 13. The van der Waals surface area contributed by atoms with Crippen molar-refractivity contribution in [2.24, 2.45) is 0 Å². The molecule has 22 heavy (non-hydrogen) atoms. The van der Waals surface area contributed by atoms with E-state index in [-0.39, 0.29) is 0 Å². The van der Waals surface area contributed by atoms with Gasteiger partial charge >= 0.3 is 6.00 Å². The van der Waals surface area contributed by atoms with Gasteiger partial charge in [0.2, 0.25) is 0 Å². The lowest BCUT2D eigenvalue weighted by Crippen LogP contribution is -2.07. The molecule has 0 amide bonds. The Labute approximate surface area is 169 Å². The number of hydrogen-bond acceptors (Lipinski definition) is 0. The van der Waals surface area contributed by atoms with Gasteiger partial charge in [0.25, 0.3) is 0 Å². The van der Waals surface area contributed by atoms with Crippen LogP contribution >= 0.6 is 63.8 Å². The van der Waals surface area contributed by atoms with E-state index in [1.807, 2.05) is 12.2 Å². The van der Waals surface area contributed by atoms with Crippen molar-refractivity contribution in [2.45, 2.75) is 69.9 Å². The molecule has 0 nitrogen and oxygen atoms in total. The Balaban J connectivity index is 0. The molecule has 132 valence electrons. The van der Waals surface area contributed by atoms with Crippen molar-refractivity contribution in [1.82, 2.24) is 0 Å². The third kappa shape index (κ3) is 29.7. The normalized spacial score (nSPS) is 11.0. The lowest BCUT2D eigenvalue weighted by molar-refractivity contribution is 0.637. The van der Waals surface area contributed by atoms with E-state index >= 15 is 0 Å². The van der Waals surface area contributed by atoms with Gasteiger partial charge in [0.05, 0.1) is 0 Å². The Kier molecular flexibility index (Phi) is 22.5. The standard InChI is InChI=1S/C9H18Br2Si.C6H11Cl3Si/c1-2-3-4-5-6-7-8-9-12(10)11;1-2-3-4-5-6-10(7,8)9/h2,12H,1,3-9H2;2H,1,3-6H2. The summed E-state index contributed by atoms with van der Waals surface area (Å²) in [6.45, 7) is 7.32. The minimum absolute atomic E-state index is 0.627. The Morgan fingerprint density at radius 2 is 1.23 bits per heavy atom. The Bertz CT molecular complexity index is 260. The number of halogens is 5. The molecular weight excluding hydrogens is 503 g/mol. The second kappa shape index (κ2) is 19.1. The maximum absolute atomic E-state index is 5.66. The van der Waals surface area contributed by atoms with Gasteiger partial charge in [0.15, 0.2) is 6.04 Å². The van der Waals surface area contributed by atoms with Gasteiger partial charge in [-0.05, 0) is 37.8 Å². The SMILES string of the molecule is C=CCCCCCCC[SiH](Br)Br.C=CCCCC[Si](Cl)(Cl)Cl. The maximum Gasteiger partial charge on any atom is 0.341 e. The molecule has 0 radical (unpaired) electrons. The van der Waals surface area contributed by atoms with Crippen LogP contribution in [-0.2, 0) is 0 Å². The summed E-state index contributed by atoms with van der Waals surface area (Å²) >= 11 is 24.2. The monoisotopic (exact) mass is 528 g/mol. The van der Waals surface area contributed by atoms with Crippen LogP contribution in [-0.4, -0.2) is 12.0 Å². The first kappa shape index (κ1) is 26.0. The molecule has 0 heterocycles. The third-order valence-corrected chi connectivity index (χ3v) is 9.16. The van der Waals surface area contributed by atoms with Crippen molar-refractivity contribution in [3.8, 4) is 0 Å². The van der Waals surface area contributed by atoms with Crippen LogP contribution in [0, 0.1) is 0 Å². The summed E-state index contributed by atoms with van der Waals surface area (Å²) in [4.78, 5) is 0. The number of unbranched alkanes of at least 4 members (excludes halogenated alkanes) is 7. The largest absolute Gasteiger partial charge is 0.341 e. The van der Waals surface area contributed by atoms with Gasteiger partial charge in [0, 0.05) is 0 Å². The van der Waals surface area contributed by atoms with Crippen molar-refractivity contribution < 1.29 is 0 Å². The van der Waals surface area contributed by atoms with Crippen molar-refractivity contribution in [1.29, 1.82) is 0 Å². The van der Waals surface area contributed by atoms with Gasteiger partial charge in [-0.2, -0.15) is 0 Å². The molecule has 0 atom stereocenters. The molecule has 7 heteroatoms. The van der Waals surface area contributed by atoms with Crippen molar-refractivity contribution in [2.75, 3.05) is 0 Å². The summed E-state index contributed by atoms with van der Waals surface area (Å²) in [5.41, 5.74) is 0. The predicted octanol–water partition coefficient (Wildman–Crippen LogP) is 8.52. The van der Waals surface area contributed by atoms with Crippen molar-refractivity contribution in [3.05, 3.63) is 25.3 Å². The van der Waals surface area contributed by atoms with E-state index in [0.29, 0.717) is 0 Å². The zero-order chi connectivity index (χ0) is 17.3. The molecule has 0 unspecified atom stereocenters. The summed E-state index contributed by atoms with van der Waals surface area (Å²) < 4.78 is 0. The summed E-state index contributed by atoms with van der Waals surface area (Å²) in [6.07, 6.45) is 15.1. The van der Waals surface area contributed by atoms with Crippen LogP contribution < -0.4 is 0 Å². The summed E-state index contributed by atoms with van der Waals surface area (Å²) in [7, 11) is 0. The first-order valence-electron chi connectivity index (χ1n) is 7.90. The zero-order valence-corrected chi connectivity index (χ0v) is 20.9. The van der Waals surface area contributed by atoms with E-state index in [1.54, 1.807) is 0 Å². The maximum atomic E-state index is 5.66. The highest BCUT2D eigenvalue weighted by molar-refractivity contribution is 9.49. The topological polar surface area (TPSA) is 0 Å². The van der Waals surface area contributed by atoms with Crippen LogP contribution in [0.15, 0.2) is 25.3 Å². The van der Waals surface area contributed by atoms with Crippen LogP contribution in [0.2, 0.25) is 12.1 Å². The quantitative estimate of drug-likeness (QED) is 0.0967. The molecular formula is C15H29Br2Cl3Si2. The van der Waals surface area contributed by atoms with Crippen molar-refractivity contribution >= 4 is 75.9 Å². The summed E-state index contributed by atoms with van der Waals surface area (Å²) in [5.74, 6) is 0. The molecule has 0 saturated heterocycles. The fourth-order valence-electron chi connectivity index (χ4n) is 1.73. The van der Waals surface area contributed by atoms with Crippen LogP contribution in [0.4, 0.5) is 0 Å². The number of hydrogen-bond donors (Lipinski definition) is 0. The Hall–Kier alpha value is 1.74. The molecule has 0 spiro atoms. The molecule has 0 aromatic carbocycles. The average Bonchev–Trinajstić information content (AvgIpc) is 2.42. The fraction of sp³-hybridized carbons (Fsp3) is 0.733. The first-order valence-corrected chi connectivity index (χ1v) is 20.3. The highest BCUT2D eigenvalue weighted by atomic mass is 79.9. The molecule has 0 aliphatic heterocycles. The van der Waals surface area contributed by atoms with Crippen LogP contribution in [0.5, 0.6) is 0 Å². The molecule has 0 N–H and O–H groups in total. The molecule has 0 aliphatic carbocycles. The van der Waals surface area contributed by atoms with E-state index in [9.17, 15) is 0 Å². The molecule has 0 aromatic rings. The predicted molar refractivity (Wildman–Crippen MR) is 120 cm³/mol.